The van der Waals surface area contributed by atoms with Gasteiger partial charge in [0.1, 0.15) is 12.6 Å². The fourth-order valence-corrected chi connectivity index (χ4v) is 4.76. The van der Waals surface area contributed by atoms with Gasteiger partial charge in [0.05, 0.1) is 6.42 Å². The number of rotatable bonds is 20. The number of hydrogen-bond acceptors (Lipinski definition) is 6. The zero-order chi connectivity index (χ0) is 28.2. The number of nitrogens with zero attached hydrogens (tertiary/aromatic N) is 1. The Morgan fingerprint density at radius 2 is 1.58 bits per heavy atom. The predicted octanol–water partition coefficient (Wildman–Crippen LogP) is 2.90. The third-order valence-corrected chi connectivity index (χ3v) is 6.99. The van der Waals surface area contributed by atoms with E-state index in [2.05, 4.69) is 17.6 Å². The monoisotopic (exact) mass is 540 g/mol. The summed E-state index contributed by atoms with van der Waals surface area (Å²) in [4.78, 5) is 62.4. The molecule has 0 saturated heterocycles. The van der Waals surface area contributed by atoms with E-state index in [1.165, 1.54) is 29.6 Å². The first kappa shape index (κ1) is 33.3. The molecule has 1 rings (SSSR count). The van der Waals surface area contributed by atoms with Crippen LogP contribution in [0.2, 0.25) is 0 Å². The molecule has 0 unspecified atom stereocenters. The zero-order valence-corrected chi connectivity index (χ0v) is 23.0. The summed E-state index contributed by atoms with van der Waals surface area (Å²) in [6, 6.07) is -1.14. The first-order valence-electron chi connectivity index (χ1n) is 14.3. The van der Waals surface area contributed by atoms with Crippen LogP contribution in [0.5, 0.6) is 0 Å². The number of unbranched alkanes of at least 4 members (excludes halogenated alkanes) is 5. The van der Waals surface area contributed by atoms with E-state index in [1.807, 2.05) is 0 Å². The number of carbonyl (C=O) groups is 5. The minimum absolute atomic E-state index is 0.0826. The average Bonchev–Trinajstić information content (AvgIpc) is 2.89. The Kier molecular flexibility index (Phi) is 17.8. The normalized spacial score (nSPS) is 14.4. The molecule has 0 heterocycles. The van der Waals surface area contributed by atoms with Gasteiger partial charge in [-0.25, -0.2) is 5.48 Å². The van der Waals surface area contributed by atoms with Crippen LogP contribution in [0.1, 0.15) is 110 Å². The first-order chi connectivity index (χ1) is 18.3. The van der Waals surface area contributed by atoms with Crippen molar-refractivity contribution < 1.29 is 34.3 Å². The van der Waals surface area contributed by atoms with Gasteiger partial charge in [-0.3, -0.25) is 29.2 Å². The van der Waals surface area contributed by atoms with Crippen molar-refractivity contribution in [3.63, 3.8) is 0 Å². The molecule has 218 valence electrons. The molecule has 1 aliphatic carbocycles. The maximum absolute atomic E-state index is 13.1. The quantitative estimate of drug-likeness (QED) is 0.0899. The van der Waals surface area contributed by atoms with E-state index in [9.17, 15) is 24.0 Å². The molecule has 1 atom stereocenters. The fraction of sp³-hybridized carbons (Fsp3) is 0.815. The lowest BCUT2D eigenvalue weighted by Gasteiger charge is -2.25. The van der Waals surface area contributed by atoms with Crippen LogP contribution in [-0.4, -0.2) is 70.5 Å². The van der Waals surface area contributed by atoms with Gasteiger partial charge in [-0.15, -0.1) is 0 Å². The number of carboxylic acid groups (broad SMARTS) is 1. The molecule has 38 heavy (non-hydrogen) atoms. The van der Waals surface area contributed by atoms with Crippen molar-refractivity contribution in [1.29, 1.82) is 0 Å². The second-order valence-electron chi connectivity index (χ2n) is 10.3. The summed E-state index contributed by atoms with van der Waals surface area (Å²) >= 11 is 0. The molecule has 11 heteroatoms. The molecule has 11 nitrogen and oxygen atoms in total. The molecule has 5 N–H and O–H groups in total. The van der Waals surface area contributed by atoms with E-state index in [0.29, 0.717) is 25.4 Å². The summed E-state index contributed by atoms with van der Waals surface area (Å²) in [5.74, 6) is -2.68. The molecule has 1 aliphatic rings. The molecule has 0 spiro atoms. The van der Waals surface area contributed by atoms with Crippen LogP contribution < -0.4 is 16.1 Å². The Hall–Kier alpha value is -2.69. The number of carbonyl (C=O) groups excluding carboxylic acids is 4. The standard InChI is InChI=1S/C27H48N4O7/c1-2-3-4-5-6-10-18-31(20-24(33)30-38)25(34)19-22(29-23(32)14-11-15-26(35)36)27(37)28-17-16-21-12-8-7-9-13-21/h21-22,38H,2-20H2,1H3,(H,28,37)(H,29,32)(H,30,33)(H,35,36)/t22-/m1/s1. The highest BCUT2D eigenvalue weighted by Gasteiger charge is 2.27. The zero-order valence-electron chi connectivity index (χ0n) is 23.0. The van der Waals surface area contributed by atoms with Crippen molar-refractivity contribution in [3.05, 3.63) is 0 Å². The molecule has 0 aliphatic heterocycles. The van der Waals surface area contributed by atoms with Crippen molar-refractivity contribution in [2.45, 2.75) is 116 Å². The molecule has 0 radical (unpaired) electrons. The summed E-state index contributed by atoms with van der Waals surface area (Å²) in [6.07, 6.45) is 12.2. The maximum Gasteiger partial charge on any atom is 0.303 e. The number of aliphatic carboxylic acids is 1. The van der Waals surface area contributed by atoms with Crippen LogP contribution in [0.3, 0.4) is 0 Å². The Bertz CT molecular complexity index is 741. The summed E-state index contributed by atoms with van der Waals surface area (Å²) in [5.41, 5.74) is 1.54. The Balaban J connectivity index is 2.77. The van der Waals surface area contributed by atoms with Gasteiger partial charge in [0.2, 0.25) is 17.7 Å². The van der Waals surface area contributed by atoms with E-state index in [1.54, 1.807) is 0 Å². The topological polar surface area (TPSA) is 165 Å². The van der Waals surface area contributed by atoms with Gasteiger partial charge in [0, 0.05) is 25.9 Å². The second kappa shape index (κ2) is 20.3. The Morgan fingerprint density at radius 1 is 0.895 bits per heavy atom. The SMILES string of the molecule is CCCCCCCCN(CC(=O)NO)C(=O)C[C@@H](NC(=O)CCCC(=O)O)C(=O)NCCC1CCCCC1. The lowest BCUT2D eigenvalue weighted by molar-refractivity contribution is -0.141. The highest BCUT2D eigenvalue weighted by Crippen LogP contribution is 2.25. The summed E-state index contributed by atoms with van der Waals surface area (Å²) in [7, 11) is 0. The number of nitrogens with one attached hydrogen (secondary N) is 3. The van der Waals surface area contributed by atoms with Crippen LogP contribution in [0, 0.1) is 5.92 Å². The minimum atomic E-state index is -1.14. The van der Waals surface area contributed by atoms with Crippen molar-refractivity contribution in [3.8, 4) is 0 Å². The average molecular weight is 541 g/mol. The maximum atomic E-state index is 13.1. The van der Waals surface area contributed by atoms with E-state index < -0.39 is 35.6 Å². The van der Waals surface area contributed by atoms with E-state index >= 15 is 0 Å². The fourth-order valence-electron chi connectivity index (χ4n) is 4.76. The molecule has 0 bridgehead atoms. The van der Waals surface area contributed by atoms with Crippen molar-refractivity contribution in [2.24, 2.45) is 5.92 Å². The van der Waals surface area contributed by atoms with Gasteiger partial charge < -0.3 is 20.6 Å². The smallest absolute Gasteiger partial charge is 0.303 e. The molecule has 0 aromatic carbocycles. The number of carboxylic acids is 1. The van der Waals surface area contributed by atoms with E-state index in [4.69, 9.17) is 10.3 Å². The highest BCUT2D eigenvalue weighted by atomic mass is 16.5. The van der Waals surface area contributed by atoms with Crippen molar-refractivity contribution >= 4 is 29.6 Å². The first-order valence-corrected chi connectivity index (χ1v) is 14.3. The van der Waals surface area contributed by atoms with Crippen LogP contribution in [-0.2, 0) is 24.0 Å². The van der Waals surface area contributed by atoms with Gasteiger partial charge in [-0.1, -0.05) is 71.1 Å². The molecular weight excluding hydrogens is 492 g/mol. The van der Waals surface area contributed by atoms with Gasteiger partial charge in [-0.05, 0) is 25.2 Å². The summed E-state index contributed by atoms with van der Waals surface area (Å²) in [5, 5.41) is 23.2. The molecular formula is C27H48N4O7. The Labute approximate surface area is 226 Å². The summed E-state index contributed by atoms with van der Waals surface area (Å²) in [6.45, 7) is 2.51. The number of hydroxylamine groups is 1. The van der Waals surface area contributed by atoms with Crippen LogP contribution in [0.25, 0.3) is 0 Å². The molecule has 1 fully saturated rings. The van der Waals surface area contributed by atoms with E-state index in [0.717, 1.165) is 51.4 Å². The Morgan fingerprint density at radius 3 is 2.24 bits per heavy atom. The molecule has 0 aromatic heterocycles. The second-order valence-corrected chi connectivity index (χ2v) is 10.3. The van der Waals surface area contributed by atoms with Crippen LogP contribution in [0.15, 0.2) is 0 Å². The van der Waals surface area contributed by atoms with Crippen LogP contribution in [0.4, 0.5) is 0 Å². The number of hydrogen-bond donors (Lipinski definition) is 5. The molecule has 4 amide bonds. The van der Waals surface area contributed by atoms with Gasteiger partial charge in [-0.2, -0.15) is 0 Å². The summed E-state index contributed by atoms with van der Waals surface area (Å²) < 4.78 is 0. The van der Waals surface area contributed by atoms with Gasteiger partial charge in [0.15, 0.2) is 0 Å². The number of amides is 4. The van der Waals surface area contributed by atoms with Crippen LogP contribution >= 0.6 is 0 Å². The predicted molar refractivity (Wildman–Crippen MR) is 142 cm³/mol. The largest absolute Gasteiger partial charge is 0.481 e. The van der Waals surface area contributed by atoms with Crippen molar-refractivity contribution in [2.75, 3.05) is 19.6 Å². The third kappa shape index (κ3) is 15.5. The minimum Gasteiger partial charge on any atom is -0.481 e. The lowest BCUT2D eigenvalue weighted by atomic mass is 9.87. The third-order valence-electron chi connectivity index (χ3n) is 6.99. The van der Waals surface area contributed by atoms with E-state index in [-0.39, 0.29) is 32.2 Å². The lowest BCUT2D eigenvalue weighted by Crippen LogP contribution is -2.50. The van der Waals surface area contributed by atoms with Gasteiger partial charge in [0.25, 0.3) is 5.91 Å². The van der Waals surface area contributed by atoms with Crippen molar-refractivity contribution in [1.82, 2.24) is 21.0 Å². The molecule has 0 aromatic rings. The highest BCUT2D eigenvalue weighted by molar-refractivity contribution is 5.93. The molecule has 1 saturated carbocycles. The van der Waals surface area contributed by atoms with Gasteiger partial charge >= 0.3 is 5.97 Å².